The lowest BCUT2D eigenvalue weighted by Gasteiger charge is -2.22. The molecule has 0 spiro atoms. The molecule has 0 amide bonds. The van der Waals surface area contributed by atoms with E-state index in [-0.39, 0.29) is 27.5 Å². The van der Waals surface area contributed by atoms with Gasteiger partial charge in [-0.3, -0.25) is 0 Å². The summed E-state index contributed by atoms with van der Waals surface area (Å²) in [6.45, 7) is 40.2. The second-order valence-corrected chi connectivity index (χ2v) is 18.3. The minimum Gasteiger partial charge on any atom is -0.496 e. The van der Waals surface area contributed by atoms with Crippen molar-refractivity contribution in [1.29, 1.82) is 0 Å². The van der Waals surface area contributed by atoms with Gasteiger partial charge in [-0.2, -0.15) is 0 Å². The normalized spacial score (nSPS) is 11.4. The Morgan fingerprint density at radius 2 is 1.18 bits per heavy atom. The minimum absolute atomic E-state index is 0.0346. The summed E-state index contributed by atoms with van der Waals surface area (Å²) in [5.74, 6) is -2.54. The van der Waals surface area contributed by atoms with Crippen molar-refractivity contribution in [3.05, 3.63) is 152 Å². The Balaban J connectivity index is 0.000000264. The minimum atomic E-state index is -1.40. The number of rotatable bonds is 2. The first-order chi connectivity index (χ1) is 26.2. The molecule has 5 rings (SSSR count). The largest absolute Gasteiger partial charge is 0.496 e. The SMILES string of the molecule is CC(C)(C)c1ccc(F)c(F)c1F.COc1cc(C(C)(C)C)ccc1-c1cnco1.[C-]#[N+]c1c(Br)ccc(C(C)(C)C)c1C.[C-]#[N+]c1cc(C(C)(C)C)ccc1F. The Hall–Kier alpha value is -4.93. The molecule has 1 aromatic heterocycles. The predicted molar refractivity (Wildman–Crippen MR) is 227 cm³/mol. The highest BCUT2D eigenvalue weighted by atomic mass is 79.9. The number of aromatic nitrogens is 1. The van der Waals surface area contributed by atoms with Gasteiger partial charge in [0, 0.05) is 4.47 Å². The van der Waals surface area contributed by atoms with Crippen molar-refractivity contribution in [2.24, 2.45) is 0 Å². The van der Waals surface area contributed by atoms with Gasteiger partial charge in [0.25, 0.3) is 0 Å². The Kier molecular flexibility index (Phi) is 16.5. The van der Waals surface area contributed by atoms with Crippen LogP contribution in [-0.2, 0) is 21.7 Å². The van der Waals surface area contributed by atoms with Crippen molar-refractivity contribution in [3.63, 3.8) is 0 Å². The van der Waals surface area contributed by atoms with Gasteiger partial charge in [-0.05, 0) is 75.6 Å². The third-order valence-electron chi connectivity index (χ3n) is 8.84. The van der Waals surface area contributed by atoms with Crippen LogP contribution >= 0.6 is 15.9 Å². The van der Waals surface area contributed by atoms with E-state index < -0.39 is 28.7 Å². The molecule has 5 aromatic rings. The highest BCUT2D eigenvalue weighted by molar-refractivity contribution is 9.10. The summed E-state index contributed by atoms with van der Waals surface area (Å²) >= 11 is 3.39. The molecule has 0 aliphatic rings. The van der Waals surface area contributed by atoms with Crippen molar-refractivity contribution in [2.45, 2.75) is 112 Å². The number of benzene rings is 4. The molecule has 0 N–H and O–H groups in total. The van der Waals surface area contributed by atoms with Crippen LogP contribution in [0.4, 0.5) is 28.9 Å². The summed E-state index contributed by atoms with van der Waals surface area (Å²) in [4.78, 5) is 10.6. The lowest BCUT2D eigenvalue weighted by Crippen LogP contribution is -2.15. The van der Waals surface area contributed by atoms with E-state index in [9.17, 15) is 17.6 Å². The predicted octanol–water partition coefficient (Wildman–Crippen LogP) is 15.3. The molecule has 5 nitrogen and oxygen atoms in total. The second kappa shape index (κ2) is 19.5. The lowest BCUT2D eigenvalue weighted by molar-refractivity contribution is 0.412. The third-order valence-corrected chi connectivity index (χ3v) is 9.48. The van der Waals surface area contributed by atoms with Crippen molar-refractivity contribution in [3.8, 4) is 17.1 Å². The molecule has 0 aliphatic heterocycles. The highest BCUT2D eigenvalue weighted by Crippen LogP contribution is 2.37. The van der Waals surface area contributed by atoms with Crippen LogP contribution < -0.4 is 4.74 Å². The Morgan fingerprint density at radius 1 is 0.649 bits per heavy atom. The fourth-order valence-electron chi connectivity index (χ4n) is 5.50. The van der Waals surface area contributed by atoms with Crippen molar-refractivity contribution >= 4 is 27.3 Å². The van der Waals surface area contributed by atoms with Gasteiger partial charge in [0.05, 0.1) is 32.0 Å². The zero-order valence-corrected chi connectivity index (χ0v) is 37.1. The molecule has 0 aliphatic carbocycles. The number of hydrogen-bond donors (Lipinski definition) is 0. The maximum Gasteiger partial charge on any atom is 0.222 e. The average molecular weight is 849 g/mol. The summed E-state index contributed by atoms with van der Waals surface area (Å²) in [5.41, 5.74) is 6.16. The van der Waals surface area contributed by atoms with Gasteiger partial charge >= 0.3 is 0 Å². The second-order valence-electron chi connectivity index (χ2n) is 17.5. The molecule has 1 heterocycles. The number of methoxy groups -OCH3 is 1. The monoisotopic (exact) mass is 847 g/mol. The Labute approximate surface area is 345 Å². The van der Waals surface area contributed by atoms with Gasteiger partial charge in [0.15, 0.2) is 29.6 Å². The molecule has 0 bridgehead atoms. The molecule has 57 heavy (non-hydrogen) atoms. The maximum absolute atomic E-state index is 13.1. The first-order valence-corrected chi connectivity index (χ1v) is 19.0. The Bertz CT molecular complexity index is 2210. The van der Waals surface area contributed by atoms with E-state index in [2.05, 4.69) is 90.3 Å². The zero-order valence-electron chi connectivity index (χ0n) is 35.5. The zero-order chi connectivity index (χ0) is 43.7. The maximum atomic E-state index is 13.1. The molecule has 0 saturated carbocycles. The topological polar surface area (TPSA) is 44.0 Å². The molecular formula is C47H54BrF4N3O2. The smallest absolute Gasteiger partial charge is 0.222 e. The quantitative estimate of drug-likeness (QED) is 0.101. The van der Waals surface area contributed by atoms with E-state index in [1.54, 1.807) is 46.2 Å². The van der Waals surface area contributed by atoms with Crippen molar-refractivity contribution in [1.82, 2.24) is 4.98 Å². The molecule has 0 atom stereocenters. The van der Waals surface area contributed by atoms with Gasteiger partial charge in [-0.15, -0.1) is 0 Å². The molecule has 0 unspecified atom stereocenters. The van der Waals surface area contributed by atoms with E-state index in [1.165, 1.54) is 29.7 Å². The average Bonchev–Trinajstić information content (AvgIpc) is 3.65. The van der Waals surface area contributed by atoms with Crippen molar-refractivity contribution < 1.29 is 26.7 Å². The van der Waals surface area contributed by atoms with E-state index >= 15 is 0 Å². The molecule has 4 aromatic carbocycles. The van der Waals surface area contributed by atoms with Gasteiger partial charge < -0.3 is 9.15 Å². The fraction of sp³-hybridized carbons (Fsp3) is 0.383. The molecule has 0 fully saturated rings. The van der Waals surface area contributed by atoms with Gasteiger partial charge in [0.2, 0.25) is 11.4 Å². The number of oxazole rings is 1. The van der Waals surface area contributed by atoms with Gasteiger partial charge in [0.1, 0.15) is 11.6 Å². The van der Waals surface area contributed by atoms with Crippen LogP contribution in [0.2, 0.25) is 0 Å². The van der Waals surface area contributed by atoms with Crippen LogP contribution in [0.15, 0.2) is 82.1 Å². The summed E-state index contributed by atoms with van der Waals surface area (Å²) in [6.07, 6.45) is 3.11. The van der Waals surface area contributed by atoms with Crippen LogP contribution in [0, 0.1) is 43.3 Å². The molecule has 304 valence electrons. The third kappa shape index (κ3) is 13.3. The number of hydrogen-bond acceptors (Lipinski definition) is 3. The summed E-state index contributed by atoms with van der Waals surface area (Å²) < 4.78 is 63.0. The van der Waals surface area contributed by atoms with Crippen LogP contribution in [0.25, 0.3) is 21.0 Å². The lowest BCUT2D eigenvalue weighted by atomic mass is 9.84. The van der Waals surface area contributed by atoms with Crippen LogP contribution in [-0.4, -0.2) is 12.1 Å². The summed E-state index contributed by atoms with van der Waals surface area (Å²) in [6, 6.07) is 17.1. The van der Waals surface area contributed by atoms with Crippen LogP contribution in [0.3, 0.4) is 0 Å². The van der Waals surface area contributed by atoms with E-state index in [0.29, 0.717) is 0 Å². The van der Waals surface area contributed by atoms with E-state index in [1.807, 2.05) is 39.8 Å². The van der Waals surface area contributed by atoms with Gasteiger partial charge in [-0.1, -0.05) is 140 Å². The molecule has 0 radical (unpaired) electrons. The van der Waals surface area contributed by atoms with Gasteiger partial charge in [-0.25, -0.2) is 32.2 Å². The standard InChI is InChI=1S/C14H17NO2.C12H14BrN.C11H12FN.C10H11F3/c1-14(2,3)10-5-6-11(12(7-10)16-4)13-8-15-9-17-13;1-8-9(12(2,3)4)6-7-10(13)11(8)14-5;1-11(2,3)8-5-6-9(12)10(7-8)13-4;1-10(2,3)6-4-5-7(11)9(13)8(6)12/h5-9H,1-4H3;6-7H,1-4H3;5-7H,1-3H3;4-5H,1-3H3. The first-order valence-electron chi connectivity index (χ1n) is 18.2. The Morgan fingerprint density at radius 3 is 1.65 bits per heavy atom. The molecule has 10 heteroatoms. The summed E-state index contributed by atoms with van der Waals surface area (Å²) in [7, 11) is 1.67. The van der Waals surface area contributed by atoms with Crippen LogP contribution in [0.1, 0.15) is 111 Å². The van der Waals surface area contributed by atoms with Crippen molar-refractivity contribution in [2.75, 3.05) is 7.11 Å². The van der Waals surface area contributed by atoms with E-state index in [0.717, 1.165) is 44.4 Å². The fourth-order valence-corrected chi connectivity index (χ4v) is 6.02. The van der Waals surface area contributed by atoms with E-state index in [4.69, 9.17) is 22.3 Å². The van der Waals surface area contributed by atoms with Crippen LogP contribution in [0.5, 0.6) is 5.75 Å². The highest BCUT2D eigenvalue weighted by Gasteiger charge is 2.23. The number of nitrogens with zero attached hydrogens (tertiary/aromatic N) is 3. The summed E-state index contributed by atoms with van der Waals surface area (Å²) in [5, 5.41) is 0. The number of ether oxygens (including phenoxy) is 1. The number of halogens is 5. The first kappa shape index (κ1) is 48.2. The molecule has 0 saturated heterocycles. The molecular weight excluding hydrogens is 794 g/mol.